The van der Waals surface area contributed by atoms with Gasteiger partial charge in [-0.25, -0.2) is 0 Å². The molecule has 0 aromatic heterocycles. The zero-order chi connectivity index (χ0) is 13.2. The topological polar surface area (TPSA) is 18.5 Å². The molecule has 2 fully saturated rings. The minimum Gasteiger partial charge on any atom is -0.535 e. The second-order valence-corrected chi connectivity index (χ2v) is 5.90. The van der Waals surface area contributed by atoms with Crippen LogP contribution in [0, 0.1) is 11.8 Å². The molecule has 0 spiro atoms. The highest BCUT2D eigenvalue weighted by atomic mass is 16.6. The standard InChI is InChI=1S/C16H27BO2/c1-3-7-15(8-4-1)11-13-18-17-19-14-12-16-9-5-2-6-10-16/h11-17H,1-10H2. The van der Waals surface area contributed by atoms with E-state index >= 15 is 0 Å². The third-order valence-corrected chi connectivity index (χ3v) is 4.33. The van der Waals surface area contributed by atoms with Gasteiger partial charge in [-0.1, -0.05) is 38.5 Å². The molecular formula is C16H27BO2. The van der Waals surface area contributed by atoms with Crippen molar-refractivity contribution in [3.8, 4) is 0 Å². The van der Waals surface area contributed by atoms with Gasteiger partial charge in [0.05, 0.1) is 12.5 Å². The summed E-state index contributed by atoms with van der Waals surface area (Å²) >= 11 is 0. The molecule has 19 heavy (non-hydrogen) atoms. The van der Waals surface area contributed by atoms with Crippen molar-refractivity contribution in [2.75, 3.05) is 0 Å². The lowest BCUT2D eigenvalue weighted by molar-refractivity contribution is 0.358. The van der Waals surface area contributed by atoms with Crippen LogP contribution in [-0.2, 0) is 9.31 Å². The van der Waals surface area contributed by atoms with Crippen LogP contribution in [0.5, 0.6) is 0 Å². The summed E-state index contributed by atoms with van der Waals surface area (Å²) in [5.74, 6) is 1.46. The molecule has 0 aliphatic heterocycles. The van der Waals surface area contributed by atoms with Crippen molar-refractivity contribution < 1.29 is 9.31 Å². The first kappa shape index (κ1) is 14.6. The summed E-state index contributed by atoms with van der Waals surface area (Å²) in [4.78, 5) is 0. The van der Waals surface area contributed by atoms with Crippen LogP contribution in [0.2, 0.25) is 0 Å². The molecule has 0 saturated heterocycles. The summed E-state index contributed by atoms with van der Waals surface area (Å²) in [6.45, 7) is 0. The van der Waals surface area contributed by atoms with E-state index in [-0.39, 0.29) is 0 Å². The Balaban J connectivity index is 1.49. The predicted octanol–water partition coefficient (Wildman–Crippen LogP) is 4.47. The quantitative estimate of drug-likeness (QED) is 0.399. The molecule has 3 heteroatoms. The van der Waals surface area contributed by atoms with E-state index in [9.17, 15) is 0 Å². The van der Waals surface area contributed by atoms with Gasteiger partial charge in [-0.2, -0.15) is 0 Å². The van der Waals surface area contributed by atoms with E-state index < -0.39 is 0 Å². The first-order chi connectivity index (χ1) is 9.45. The van der Waals surface area contributed by atoms with Crippen LogP contribution in [0.1, 0.15) is 64.2 Å². The number of hydrogen-bond donors (Lipinski definition) is 0. The molecule has 106 valence electrons. The Bertz CT molecular complexity index is 248. The first-order valence-electron chi connectivity index (χ1n) is 8.02. The van der Waals surface area contributed by atoms with Crippen molar-refractivity contribution in [1.82, 2.24) is 0 Å². The van der Waals surface area contributed by atoms with Gasteiger partial charge in [0, 0.05) is 0 Å². The van der Waals surface area contributed by atoms with Crippen LogP contribution in [0.4, 0.5) is 0 Å². The van der Waals surface area contributed by atoms with Gasteiger partial charge in [0.1, 0.15) is 0 Å². The zero-order valence-electron chi connectivity index (χ0n) is 12.1. The molecule has 2 rings (SSSR count). The second-order valence-electron chi connectivity index (χ2n) is 5.90. The largest absolute Gasteiger partial charge is 0.575 e. The minimum atomic E-state index is 0.340. The monoisotopic (exact) mass is 262 g/mol. The Morgan fingerprint density at radius 3 is 1.47 bits per heavy atom. The maximum Gasteiger partial charge on any atom is 0.575 e. The molecule has 0 amide bonds. The maximum atomic E-state index is 5.37. The van der Waals surface area contributed by atoms with E-state index in [1.54, 1.807) is 0 Å². The molecule has 0 radical (unpaired) electrons. The van der Waals surface area contributed by atoms with Crippen molar-refractivity contribution in [3.05, 3.63) is 24.7 Å². The Morgan fingerprint density at radius 2 is 1.05 bits per heavy atom. The average Bonchev–Trinajstić information content (AvgIpc) is 2.48. The molecule has 2 aliphatic rings. The Kier molecular flexibility index (Phi) is 6.98. The van der Waals surface area contributed by atoms with Gasteiger partial charge < -0.3 is 9.31 Å². The summed E-state index contributed by atoms with van der Waals surface area (Å²) in [6.07, 6.45) is 21.6. The van der Waals surface area contributed by atoms with E-state index in [0.29, 0.717) is 7.69 Å². The smallest absolute Gasteiger partial charge is 0.535 e. The first-order valence-corrected chi connectivity index (χ1v) is 8.02. The summed E-state index contributed by atoms with van der Waals surface area (Å²) in [5, 5.41) is 0. The molecule has 0 aromatic carbocycles. The Morgan fingerprint density at radius 1 is 0.632 bits per heavy atom. The highest BCUT2D eigenvalue weighted by Crippen LogP contribution is 2.25. The minimum absolute atomic E-state index is 0.340. The van der Waals surface area contributed by atoms with Gasteiger partial charge in [-0.05, 0) is 49.7 Å². The van der Waals surface area contributed by atoms with Gasteiger partial charge in [0.15, 0.2) is 0 Å². The van der Waals surface area contributed by atoms with Crippen LogP contribution in [0.25, 0.3) is 0 Å². The number of allylic oxidation sites excluding steroid dienone is 2. The number of rotatable bonds is 6. The predicted molar refractivity (Wildman–Crippen MR) is 80.7 cm³/mol. The Labute approximate surface area is 118 Å². The zero-order valence-corrected chi connectivity index (χ0v) is 12.1. The molecule has 0 unspecified atom stereocenters. The van der Waals surface area contributed by atoms with E-state index in [0.717, 1.165) is 11.8 Å². The van der Waals surface area contributed by atoms with Gasteiger partial charge in [0.2, 0.25) is 0 Å². The van der Waals surface area contributed by atoms with Gasteiger partial charge in [0.25, 0.3) is 0 Å². The van der Waals surface area contributed by atoms with E-state index in [2.05, 4.69) is 12.2 Å². The lowest BCUT2D eigenvalue weighted by Crippen LogP contribution is -2.04. The molecule has 0 bridgehead atoms. The van der Waals surface area contributed by atoms with Crippen LogP contribution in [0.15, 0.2) is 24.7 Å². The summed E-state index contributed by atoms with van der Waals surface area (Å²) in [7, 11) is 0.340. The molecule has 2 aliphatic carbocycles. The highest BCUT2D eigenvalue weighted by Gasteiger charge is 2.10. The van der Waals surface area contributed by atoms with Crippen LogP contribution >= 0.6 is 0 Å². The van der Waals surface area contributed by atoms with Crippen molar-refractivity contribution in [2.45, 2.75) is 64.2 Å². The number of hydrogen-bond acceptors (Lipinski definition) is 2. The van der Waals surface area contributed by atoms with Crippen molar-refractivity contribution in [3.63, 3.8) is 0 Å². The fourth-order valence-electron chi connectivity index (χ4n) is 3.10. The summed E-state index contributed by atoms with van der Waals surface area (Å²) in [5.41, 5.74) is 0. The molecule has 2 nitrogen and oxygen atoms in total. The van der Waals surface area contributed by atoms with E-state index in [1.807, 2.05) is 12.5 Å². The SMILES string of the molecule is B(OC=CC1CCCCC1)OC=CC1CCCCC1. The lowest BCUT2D eigenvalue weighted by Gasteiger charge is -2.17. The molecular weight excluding hydrogens is 235 g/mol. The third-order valence-electron chi connectivity index (χ3n) is 4.33. The lowest BCUT2D eigenvalue weighted by atomic mass is 9.89. The molecule has 0 N–H and O–H groups in total. The average molecular weight is 262 g/mol. The van der Waals surface area contributed by atoms with Gasteiger partial charge in [-0.3, -0.25) is 0 Å². The van der Waals surface area contributed by atoms with E-state index in [1.165, 1.54) is 64.2 Å². The molecule has 0 aromatic rings. The second kappa shape index (κ2) is 9.11. The summed E-state index contributed by atoms with van der Waals surface area (Å²) < 4.78 is 10.7. The maximum absolute atomic E-state index is 5.37. The molecule has 0 atom stereocenters. The van der Waals surface area contributed by atoms with Crippen LogP contribution in [-0.4, -0.2) is 7.69 Å². The summed E-state index contributed by atoms with van der Waals surface area (Å²) in [6, 6.07) is 0. The normalized spacial score (nSPS) is 22.9. The van der Waals surface area contributed by atoms with Gasteiger partial charge in [-0.15, -0.1) is 0 Å². The van der Waals surface area contributed by atoms with Crippen molar-refractivity contribution in [2.24, 2.45) is 11.8 Å². The fourth-order valence-corrected chi connectivity index (χ4v) is 3.10. The van der Waals surface area contributed by atoms with Crippen LogP contribution in [0.3, 0.4) is 0 Å². The van der Waals surface area contributed by atoms with E-state index in [4.69, 9.17) is 9.31 Å². The Hall–Kier alpha value is -0.855. The van der Waals surface area contributed by atoms with Crippen molar-refractivity contribution >= 4 is 7.69 Å². The molecule has 0 heterocycles. The fraction of sp³-hybridized carbons (Fsp3) is 0.750. The third kappa shape index (κ3) is 6.22. The van der Waals surface area contributed by atoms with Crippen molar-refractivity contribution in [1.29, 1.82) is 0 Å². The van der Waals surface area contributed by atoms with Gasteiger partial charge >= 0.3 is 7.69 Å². The van der Waals surface area contributed by atoms with Crippen LogP contribution < -0.4 is 0 Å². The molecule has 2 saturated carbocycles. The highest BCUT2D eigenvalue weighted by molar-refractivity contribution is 6.18.